The van der Waals surface area contributed by atoms with E-state index in [-0.39, 0.29) is 33.9 Å². The highest BCUT2D eigenvalue weighted by Crippen LogP contribution is 2.24. The van der Waals surface area contributed by atoms with E-state index in [4.69, 9.17) is 9.81 Å². The van der Waals surface area contributed by atoms with E-state index < -0.39 is 17.5 Å². The van der Waals surface area contributed by atoms with Gasteiger partial charge in [0.05, 0.1) is 10.5 Å². The van der Waals surface area contributed by atoms with Gasteiger partial charge in [-0.3, -0.25) is 4.79 Å². The van der Waals surface area contributed by atoms with Crippen LogP contribution < -0.4 is 5.32 Å². The molecule has 0 aliphatic rings. The number of anilines is 1. The second kappa shape index (κ2) is 5.95. The first-order chi connectivity index (χ1) is 9.97. The lowest BCUT2D eigenvalue weighted by Crippen LogP contribution is -2.17. The fourth-order valence-electron chi connectivity index (χ4n) is 1.77. The molecule has 0 saturated heterocycles. The molecule has 108 valence electrons. The standard InChI is InChI=1S/C13H9F2N3O2S/c1-18-6-10(21-20)11(15)12(18)13(19)17-8-2-3-9(14)7(4-8)5-16/h2-4,6,20H,1H3,(H,17,19). The molecule has 0 spiro atoms. The van der Waals surface area contributed by atoms with Crippen LogP contribution >= 0.6 is 12.0 Å². The predicted octanol–water partition coefficient (Wildman–Crippen LogP) is 2.99. The number of rotatable bonds is 3. The van der Waals surface area contributed by atoms with Crippen LogP contribution in [0.2, 0.25) is 0 Å². The number of aryl methyl sites for hydroxylation is 1. The fraction of sp³-hybridized carbons (Fsp3) is 0.0769. The summed E-state index contributed by atoms with van der Waals surface area (Å²) in [6.45, 7) is 0. The Balaban J connectivity index is 2.31. The van der Waals surface area contributed by atoms with Crippen LogP contribution in [0.3, 0.4) is 0 Å². The van der Waals surface area contributed by atoms with Gasteiger partial charge in [-0.25, -0.2) is 8.78 Å². The number of carbonyl (C=O) groups excluding carboxylic acids is 1. The lowest BCUT2D eigenvalue weighted by molar-refractivity contribution is 0.101. The SMILES string of the molecule is Cn1cc(SO)c(F)c1C(=O)Nc1ccc(F)c(C#N)c1. The largest absolute Gasteiger partial charge is 0.343 e. The van der Waals surface area contributed by atoms with Crippen molar-refractivity contribution in [3.05, 3.63) is 47.3 Å². The Morgan fingerprint density at radius 1 is 1.48 bits per heavy atom. The first-order valence-corrected chi connectivity index (χ1v) is 6.42. The van der Waals surface area contributed by atoms with Gasteiger partial charge in [-0.05, 0) is 18.2 Å². The molecule has 1 heterocycles. The first kappa shape index (κ1) is 15.0. The molecule has 0 unspecified atom stereocenters. The van der Waals surface area contributed by atoms with Crippen molar-refractivity contribution in [2.75, 3.05) is 5.32 Å². The summed E-state index contributed by atoms with van der Waals surface area (Å²) in [5, 5.41) is 11.1. The van der Waals surface area contributed by atoms with Crippen LogP contribution in [0.4, 0.5) is 14.5 Å². The molecule has 2 aromatic rings. The average molecular weight is 309 g/mol. The maximum Gasteiger partial charge on any atom is 0.275 e. The number of aromatic nitrogens is 1. The van der Waals surface area contributed by atoms with Crippen molar-refractivity contribution >= 4 is 23.6 Å². The smallest absolute Gasteiger partial charge is 0.275 e. The van der Waals surface area contributed by atoms with Crippen molar-refractivity contribution in [3.63, 3.8) is 0 Å². The minimum absolute atomic E-state index is 0.0838. The Kier molecular flexibility index (Phi) is 4.26. The van der Waals surface area contributed by atoms with Crippen LogP contribution in [-0.4, -0.2) is 15.0 Å². The number of halogens is 2. The van der Waals surface area contributed by atoms with Crippen molar-refractivity contribution < 1.29 is 18.1 Å². The topological polar surface area (TPSA) is 78.1 Å². The predicted molar refractivity (Wildman–Crippen MR) is 72.9 cm³/mol. The maximum absolute atomic E-state index is 13.9. The van der Waals surface area contributed by atoms with E-state index in [1.807, 2.05) is 0 Å². The Bertz CT molecular complexity index is 753. The third-order valence-corrected chi connectivity index (χ3v) is 3.23. The monoisotopic (exact) mass is 309 g/mol. The van der Waals surface area contributed by atoms with E-state index in [2.05, 4.69) is 5.32 Å². The zero-order valence-electron chi connectivity index (χ0n) is 10.7. The normalized spacial score (nSPS) is 10.2. The van der Waals surface area contributed by atoms with Crippen molar-refractivity contribution in [2.24, 2.45) is 7.05 Å². The average Bonchev–Trinajstić information content (AvgIpc) is 2.75. The van der Waals surface area contributed by atoms with Gasteiger partial charge < -0.3 is 14.4 Å². The van der Waals surface area contributed by atoms with Gasteiger partial charge >= 0.3 is 0 Å². The summed E-state index contributed by atoms with van der Waals surface area (Å²) >= 11 is 0.194. The number of benzene rings is 1. The number of hydrogen-bond donors (Lipinski definition) is 2. The van der Waals surface area contributed by atoms with Crippen molar-refractivity contribution in [1.82, 2.24) is 4.57 Å². The maximum atomic E-state index is 13.9. The molecular weight excluding hydrogens is 300 g/mol. The molecule has 1 aromatic heterocycles. The van der Waals surface area contributed by atoms with Gasteiger partial charge in [-0.2, -0.15) is 5.26 Å². The molecule has 0 radical (unpaired) electrons. The van der Waals surface area contributed by atoms with Crippen LogP contribution in [-0.2, 0) is 7.05 Å². The van der Waals surface area contributed by atoms with Crippen LogP contribution in [0.15, 0.2) is 29.3 Å². The van der Waals surface area contributed by atoms with Crippen LogP contribution in [0.1, 0.15) is 16.1 Å². The molecule has 1 aromatic carbocycles. The van der Waals surface area contributed by atoms with Gasteiger partial charge in [-0.1, -0.05) is 0 Å². The summed E-state index contributed by atoms with van der Waals surface area (Å²) in [7, 11) is 1.45. The van der Waals surface area contributed by atoms with Gasteiger partial charge in [0.15, 0.2) is 5.82 Å². The van der Waals surface area contributed by atoms with E-state index >= 15 is 0 Å². The molecule has 2 rings (SSSR count). The van der Waals surface area contributed by atoms with Crippen LogP contribution in [0.5, 0.6) is 0 Å². The van der Waals surface area contributed by atoms with Gasteiger partial charge in [0, 0.05) is 31.0 Å². The number of nitrogens with one attached hydrogen (secondary N) is 1. The highest BCUT2D eigenvalue weighted by Gasteiger charge is 2.21. The molecule has 0 fully saturated rings. The lowest BCUT2D eigenvalue weighted by atomic mass is 10.2. The number of amides is 1. The first-order valence-electron chi connectivity index (χ1n) is 5.65. The highest BCUT2D eigenvalue weighted by atomic mass is 32.2. The molecular formula is C13H9F2N3O2S. The van der Waals surface area contributed by atoms with Gasteiger partial charge in [0.1, 0.15) is 17.6 Å². The molecule has 0 bridgehead atoms. The molecule has 8 heteroatoms. The molecule has 21 heavy (non-hydrogen) atoms. The van der Waals surface area contributed by atoms with E-state index in [1.165, 1.54) is 23.9 Å². The minimum atomic E-state index is -0.856. The summed E-state index contributed by atoms with van der Waals surface area (Å²) in [6, 6.07) is 5.08. The number of nitrogens with zero attached hydrogens (tertiary/aromatic N) is 2. The second-order valence-electron chi connectivity index (χ2n) is 4.12. The van der Waals surface area contributed by atoms with E-state index in [1.54, 1.807) is 6.07 Å². The summed E-state index contributed by atoms with van der Waals surface area (Å²) in [6.07, 6.45) is 1.26. The molecule has 1 amide bonds. The number of carbonyl (C=O) groups is 1. The summed E-state index contributed by atoms with van der Waals surface area (Å²) in [4.78, 5) is 11.9. The number of hydrogen-bond acceptors (Lipinski definition) is 4. The molecule has 0 saturated carbocycles. The fourth-order valence-corrected chi connectivity index (χ4v) is 2.15. The van der Waals surface area contributed by atoms with Crippen LogP contribution in [0.25, 0.3) is 0 Å². The van der Waals surface area contributed by atoms with Crippen molar-refractivity contribution in [2.45, 2.75) is 4.90 Å². The second-order valence-corrected chi connectivity index (χ2v) is 4.74. The molecule has 0 atom stereocenters. The van der Waals surface area contributed by atoms with Crippen molar-refractivity contribution in [3.8, 4) is 6.07 Å². The van der Waals surface area contributed by atoms with Gasteiger partial charge in [0.25, 0.3) is 5.91 Å². The van der Waals surface area contributed by atoms with E-state index in [0.717, 1.165) is 12.1 Å². The quantitative estimate of drug-likeness (QED) is 0.854. The Labute approximate surface area is 123 Å². The summed E-state index contributed by atoms with van der Waals surface area (Å²) in [5.41, 5.74) is -0.349. The Morgan fingerprint density at radius 3 is 2.76 bits per heavy atom. The Hall–Kier alpha value is -2.37. The van der Waals surface area contributed by atoms with E-state index in [0.29, 0.717) is 0 Å². The molecule has 0 aliphatic heterocycles. The van der Waals surface area contributed by atoms with E-state index in [9.17, 15) is 13.6 Å². The van der Waals surface area contributed by atoms with Gasteiger partial charge in [0.2, 0.25) is 0 Å². The number of nitriles is 1. The lowest BCUT2D eigenvalue weighted by Gasteiger charge is -2.07. The third-order valence-electron chi connectivity index (χ3n) is 2.75. The highest BCUT2D eigenvalue weighted by molar-refractivity contribution is 7.93. The molecule has 2 N–H and O–H groups in total. The third kappa shape index (κ3) is 2.89. The summed E-state index contributed by atoms with van der Waals surface area (Å²) in [5.74, 6) is -2.34. The Morgan fingerprint density at radius 2 is 2.19 bits per heavy atom. The summed E-state index contributed by atoms with van der Waals surface area (Å²) < 4.78 is 37.2. The molecule has 5 nitrogen and oxygen atoms in total. The van der Waals surface area contributed by atoms with Gasteiger partial charge in [-0.15, -0.1) is 0 Å². The van der Waals surface area contributed by atoms with Crippen LogP contribution in [0, 0.1) is 23.0 Å². The zero-order chi connectivity index (χ0) is 15.6. The molecule has 0 aliphatic carbocycles. The zero-order valence-corrected chi connectivity index (χ0v) is 11.5. The van der Waals surface area contributed by atoms with Crippen molar-refractivity contribution in [1.29, 1.82) is 5.26 Å². The minimum Gasteiger partial charge on any atom is -0.343 e.